The molecule has 0 radical (unpaired) electrons. The lowest BCUT2D eigenvalue weighted by atomic mass is 10.6. The third-order valence-corrected chi connectivity index (χ3v) is 8.23. The Morgan fingerprint density at radius 3 is 2.43 bits per heavy atom. The molecule has 23 heavy (non-hydrogen) atoms. The van der Waals surface area contributed by atoms with Crippen molar-refractivity contribution < 1.29 is 12.8 Å². The van der Waals surface area contributed by atoms with Gasteiger partial charge in [0.15, 0.2) is 5.03 Å². The first-order chi connectivity index (χ1) is 10.8. The highest BCUT2D eigenvalue weighted by atomic mass is 32.2. The highest BCUT2D eigenvalue weighted by molar-refractivity contribution is 7.97. The molecule has 2 heterocycles. The molecule has 2 aromatic heterocycles. The van der Waals surface area contributed by atoms with Crippen molar-refractivity contribution in [3.8, 4) is 0 Å². The maximum absolute atomic E-state index is 12.8. The standard InChI is InChI=1S/C13H22N4O3P2S/c1-10(2)21-17(22-11(3)4)23(18,19)13-5-7-16(15-13)9-12-14-6-8-20-12/h5-8,10-11,21-22H,9H2,1-4H3. The molecule has 0 N–H and O–H groups in total. The van der Waals surface area contributed by atoms with Gasteiger partial charge in [-0.1, -0.05) is 27.7 Å². The van der Waals surface area contributed by atoms with Crippen molar-refractivity contribution in [2.75, 3.05) is 0 Å². The van der Waals surface area contributed by atoms with Crippen LogP contribution in [0.25, 0.3) is 0 Å². The van der Waals surface area contributed by atoms with Crippen molar-refractivity contribution >= 4 is 27.5 Å². The molecule has 2 atom stereocenters. The summed E-state index contributed by atoms with van der Waals surface area (Å²) < 4.78 is 33.9. The zero-order chi connectivity index (χ0) is 17.0. The number of hydrogen-bond donors (Lipinski definition) is 0. The summed E-state index contributed by atoms with van der Waals surface area (Å²) in [5.41, 5.74) is 0.566. The summed E-state index contributed by atoms with van der Waals surface area (Å²) in [4.78, 5) is 4.01. The van der Waals surface area contributed by atoms with E-state index in [1.54, 1.807) is 16.2 Å². The summed E-state index contributed by atoms with van der Waals surface area (Å²) in [6.45, 7) is 8.39. The van der Waals surface area contributed by atoms with Crippen LogP contribution in [0.3, 0.4) is 0 Å². The average Bonchev–Trinajstić information content (AvgIpc) is 3.09. The van der Waals surface area contributed by atoms with E-state index in [9.17, 15) is 8.42 Å². The lowest BCUT2D eigenvalue weighted by Crippen LogP contribution is -2.20. The maximum Gasteiger partial charge on any atom is 0.268 e. The van der Waals surface area contributed by atoms with Crippen LogP contribution >= 0.6 is 17.5 Å². The van der Waals surface area contributed by atoms with Crippen LogP contribution in [0, 0.1) is 0 Å². The molecule has 0 saturated heterocycles. The SMILES string of the molecule is CC(C)PN(PC(C)C)S(=O)(=O)c1ccn(Cc2ncco2)n1. The van der Waals surface area contributed by atoms with Gasteiger partial charge in [-0.05, 0) is 34.8 Å². The second-order valence-electron chi connectivity index (χ2n) is 5.61. The Bertz CT molecular complexity index is 703. The minimum absolute atomic E-state index is 0.0744. The van der Waals surface area contributed by atoms with Crippen LogP contribution in [0.15, 0.2) is 34.2 Å². The van der Waals surface area contributed by atoms with Gasteiger partial charge in [0.1, 0.15) is 12.8 Å². The van der Waals surface area contributed by atoms with Gasteiger partial charge in [-0.25, -0.2) is 13.4 Å². The minimum atomic E-state index is -3.57. The summed E-state index contributed by atoms with van der Waals surface area (Å²) >= 11 is 0. The highest BCUT2D eigenvalue weighted by Gasteiger charge is 2.28. The Kier molecular flexibility index (Phi) is 6.32. The third-order valence-electron chi connectivity index (χ3n) is 2.65. The summed E-state index contributed by atoms with van der Waals surface area (Å²) in [5.74, 6) is 0.488. The molecule has 10 heteroatoms. The summed E-state index contributed by atoms with van der Waals surface area (Å²) in [7, 11) is -3.14. The number of sulfonamides is 1. The van der Waals surface area contributed by atoms with Gasteiger partial charge >= 0.3 is 0 Å². The Morgan fingerprint density at radius 2 is 1.91 bits per heavy atom. The van der Waals surface area contributed by atoms with E-state index >= 15 is 0 Å². The van der Waals surface area contributed by atoms with Gasteiger partial charge in [0.25, 0.3) is 10.0 Å². The summed E-state index contributed by atoms with van der Waals surface area (Å²) in [5, 5.41) is 4.26. The van der Waals surface area contributed by atoms with Crippen LogP contribution < -0.4 is 0 Å². The van der Waals surface area contributed by atoms with E-state index in [2.05, 4.69) is 10.1 Å². The topological polar surface area (TPSA) is 81.2 Å². The third kappa shape index (κ3) is 5.08. The van der Waals surface area contributed by atoms with E-state index in [0.29, 0.717) is 12.4 Å². The Hall–Kier alpha value is -0.810. The van der Waals surface area contributed by atoms with Crippen molar-refractivity contribution in [3.05, 3.63) is 30.6 Å². The second kappa shape index (κ2) is 7.84. The van der Waals surface area contributed by atoms with Crippen molar-refractivity contribution in [3.63, 3.8) is 0 Å². The Labute approximate surface area is 140 Å². The molecule has 0 spiro atoms. The fraction of sp³-hybridized carbons (Fsp3) is 0.538. The molecule has 0 fully saturated rings. The van der Waals surface area contributed by atoms with Gasteiger partial charge in [-0.3, -0.25) is 4.68 Å². The summed E-state index contributed by atoms with van der Waals surface area (Å²) in [6.07, 6.45) is 4.66. The van der Waals surface area contributed by atoms with Crippen molar-refractivity contribution in [2.45, 2.75) is 50.6 Å². The van der Waals surface area contributed by atoms with Gasteiger partial charge in [-0.2, -0.15) is 8.94 Å². The van der Waals surface area contributed by atoms with Crippen LogP contribution in [0.1, 0.15) is 33.6 Å². The van der Waals surface area contributed by atoms with E-state index < -0.39 is 10.0 Å². The molecular weight excluding hydrogens is 354 g/mol. The van der Waals surface area contributed by atoms with Crippen LogP contribution in [-0.4, -0.2) is 38.3 Å². The number of aromatic nitrogens is 3. The van der Waals surface area contributed by atoms with Crippen LogP contribution in [0.2, 0.25) is 0 Å². The second-order valence-corrected chi connectivity index (χ2v) is 12.2. The predicted octanol–water partition coefficient (Wildman–Crippen LogP) is 2.91. The van der Waals surface area contributed by atoms with Crippen molar-refractivity contribution in [1.82, 2.24) is 18.6 Å². The van der Waals surface area contributed by atoms with Crippen LogP contribution in [-0.2, 0) is 16.6 Å². The largest absolute Gasteiger partial charge is 0.447 e. The van der Waals surface area contributed by atoms with E-state index in [4.69, 9.17) is 4.42 Å². The fourth-order valence-corrected chi connectivity index (χ4v) is 8.13. The predicted molar refractivity (Wildman–Crippen MR) is 93.8 cm³/mol. The molecule has 0 aromatic carbocycles. The van der Waals surface area contributed by atoms with Gasteiger partial charge in [0, 0.05) is 6.20 Å². The quantitative estimate of drug-likeness (QED) is 0.662. The number of nitrogens with zero attached hydrogens (tertiary/aromatic N) is 4. The van der Waals surface area contributed by atoms with E-state index in [1.165, 1.54) is 17.0 Å². The highest BCUT2D eigenvalue weighted by Crippen LogP contribution is 2.43. The molecule has 0 amide bonds. The molecular formula is C13H22N4O3P2S. The van der Waals surface area contributed by atoms with E-state index in [1.807, 2.05) is 27.7 Å². The van der Waals surface area contributed by atoms with Gasteiger partial charge in [0.2, 0.25) is 5.89 Å². The smallest absolute Gasteiger partial charge is 0.268 e. The molecule has 2 aromatic rings. The molecule has 0 aliphatic rings. The molecule has 2 rings (SSSR count). The van der Waals surface area contributed by atoms with E-state index in [0.717, 1.165) is 0 Å². The molecule has 128 valence electrons. The lowest BCUT2D eigenvalue weighted by molar-refractivity contribution is 0.461. The van der Waals surface area contributed by atoms with Gasteiger partial charge in [-0.15, -0.1) is 0 Å². The molecule has 0 saturated carbocycles. The fourth-order valence-electron chi connectivity index (χ4n) is 1.78. The minimum Gasteiger partial charge on any atom is -0.447 e. The molecule has 0 aliphatic carbocycles. The lowest BCUT2D eigenvalue weighted by Gasteiger charge is -2.24. The molecule has 2 unspecified atom stereocenters. The summed E-state index contributed by atoms with van der Waals surface area (Å²) in [6, 6.07) is 1.53. The van der Waals surface area contributed by atoms with Crippen LogP contribution in [0.5, 0.6) is 0 Å². The Balaban J connectivity index is 2.21. The van der Waals surface area contributed by atoms with Crippen molar-refractivity contribution in [1.29, 1.82) is 0 Å². The number of oxazole rings is 1. The number of rotatable bonds is 8. The molecule has 7 nitrogen and oxygen atoms in total. The normalized spacial score (nSPS) is 13.7. The van der Waals surface area contributed by atoms with Crippen LogP contribution in [0.4, 0.5) is 0 Å². The maximum atomic E-state index is 12.8. The van der Waals surface area contributed by atoms with Gasteiger partial charge < -0.3 is 4.42 Å². The first kappa shape index (κ1) is 18.5. The molecule has 0 aliphatic heterocycles. The zero-order valence-corrected chi connectivity index (χ0v) is 16.4. The van der Waals surface area contributed by atoms with Gasteiger partial charge in [0.05, 0.1) is 6.20 Å². The Morgan fingerprint density at radius 1 is 1.26 bits per heavy atom. The van der Waals surface area contributed by atoms with Crippen molar-refractivity contribution in [2.24, 2.45) is 0 Å². The molecule has 0 bridgehead atoms. The number of hydrogen-bond acceptors (Lipinski definition) is 5. The zero-order valence-electron chi connectivity index (χ0n) is 13.6. The first-order valence-electron chi connectivity index (χ1n) is 7.28. The van der Waals surface area contributed by atoms with E-state index in [-0.39, 0.29) is 33.8 Å². The average molecular weight is 376 g/mol. The monoisotopic (exact) mass is 376 g/mol. The first-order valence-corrected chi connectivity index (χ1v) is 10.8.